The number of hydrogen-bond acceptors (Lipinski definition) is 5. The summed E-state index contributed by atoms with van der Waals surface area (Å²) < 4.78 is 1.91. The van der Waals surface area contributed by atoms with Gasteiger partial charge in [0.1, 0.15) is 5.56 Å². The Morgan fingerprint density at radius 1 is 1.10 bits per heavy atom. The molecule has 0 spiro atoms. The third-order valence-electron chi connectivity index (χ3n) is 4.61. The van der Waals surface area contributed by atoms with Crippen LogP contribution in [0.3, 0.4) is 0 Å². The Morgan fingerprint density at radius 3 is 2.48 bits per heavy atom. The zero-order valence-corrected chi connectivity index (χ0v) is 18.9. The van der Waals surface area contributed by atoms with Gasteiger partial charge in [0.2, 0.25) is 5.88 Å². The summed E-state index contributed by atoms with van der Waals surface area (Å²) in [7, 11) is 0. The third-order valence-corrected chi connectivity index (χ3v) is 5.56. The van der Waals surface area contributed by atoms with Gasteiger partial charge in [0.15, 0.2) is 0 Å². The lowest BCUT2D eigenvalue weighted by molar-refractivity contribution is -0.114. The van der Waals surface area contributed by atoms with Crippen LogP contribution < -0.4 is 16.3 Å². The minimum atomic E-state index is -0.837. The minimum absolute atomic E-state index is 0.121. The van der Waals surface area contributed by atoms with E-state index in [-0.39, 0.29) is 16.8 Å². The topological polar surface area (TPSA) is 108 Å². The van der Waals surface area contributed by atoms with Crippen LogP contribution in [0.2, 0.25) is 5.02 Å². The third kappa shape index (κ3) is 3.93. The number of halogens is 2. The van der Waals surface area contributed by atoms with Crippen LogP contribution in [0.25, 0.3) is 11.8 Å². The van der Waals surface area contributed by atoms with E-state index in [9.17, 15) is 19.5 Å². The minimum Gasteiger partial charge on any atom is -0.494 e. The van der Waals surface area contributed by atoms with Gasteiger partial charge in [-0.1, -0.05) is 17.7 Å². The van der Waals surface area contributed by atoms with E-state index in [1.807, 2.05) is 12.1 Å². The van der Waals surface area contributed by atoms with Crippen LogP contribution >= 0.6 is 34.2 Å². The van der Waals surface area contributed by atoms with Gasteiger partial charge in [0, 0.05) is 8.59 Å². The predicted octanol–water partition coefficient (Wildman–Crippen LogP) is 3.30. The average Bonchev–Trinajstić information content (AvgIpc) is 2.99. The lowest BCUT2D eigenvalue weighted by Gasteiger charge is -2.12. The first-order valence-electron chi connectivity index (χ1n) is 8.98. The molecule has 1 aliphatic heterocycles. The van der Waals surface area contributed by atoms with E-state index in [0.29, 0.717) is 16.4 Å². The maximum Gasteiger partial charge on any atom is 0.335 e. The molecule has 2 heterocycles. The van der Waals surface area contributed by atoms with Crippen molar-refractivity contribution in [1.29, 1.82) is 0 Å². The lowest BCUT2D eigenvalue weighted by Crippen LogP contribution is -2.30. The Kier molecular flexibility index (Phi) is 5.54. The molecule has 0 saturated carbocycles. The highest BCUT2D eigenvalue weighted by Crippen LogP contribution is 2.27. The van der Waals surface area contributed by atoms with E-state index >= 15 is 0 Å². The van der Waals surface area contributed by atoms with Crippen LogP contribution in [-0.2, 0) is 4.79 Å². The highest BCUT2D eigenvalue weighted by Gasteiger charge is 2.29. The van der Waals surface area contributed by atoms with Crippen molar-refractivity contribution in [2.45, 2.75) is 6.92 Å². The summed E-state index contributed by atoms with van der Waals surface area (Å²) in [6, 6.07) is 13.4. The molecule has 1 aromatic heterocycles. The number of amides is 1. The number of hydrazone groups is 1. The first-order chi connectivity index (χ1) is 14.8. The second-order valence-electron chi connectivity index (χ2n) is 6.65. The fraction of sp³-hybridized carbons (Fsp3) is 0.0476. The molecular weight excluding hydrogens is 535 g/mol. The molecule has 0 bridgehead atoms. The molecule has 0 atom stereocenters. The molecule has 2 N–H and O–H groups in total. The van der Waals surface area contributed by atoms with Gasteiger partial charge in [-0.05, 0) is 78.1 Å². The number of H-pyrrole nitrogens is 1. The number of benzene rings is 2. The molecule has 10 heteroatoms. The van der Waals surface area contributed by atoms with Crippen molar-refractivity contribution in [1.82, 2.24) is 9.55 Å². The number of carbonyl (C=O) groups excluding carboxylic acids is 1. The van der Waals surface area contributed by atoms with Crippen molar-refractivity contribution in [3.8, 4) is 11.6 Å². The molecule has 1 aliphatic rings. The molecule has 8 nitrogen and oxygen atoms in total. The molecule has 31 heavy (non-hydrogen) atoms. The molecule has 3 aromatic rings. The van der Waals surface area contributed by atoms with Gasteiger partial charge < -0.3 is 5.11 Å². The Labute approximate surface area is 194 Å². The van der Waals surface area contributed by atoms with E-state index in [1.54, 1.807) is 37.3 Å². The molecule has 4 rings (SSSR count). The van der Waals surface area contributed by atoms with Crippen LogP contribution in [-0.4, -0.2) is 26.3 Å². The number of rotatable bonds is 3. The van der Waals surface area contributed by atoms with Crippen molar-refractivity contribution < 1.29 is 9.90 Å². The summed E-state index contributed by atoms with van der Waals surface area (Å²) in [6.45, 7) is 1.62. The Hall–Kier alpha value is -3.18. The number of hydrogen-bond donors (Lipinski definition) is 2. The van der Waals surface area contributed by atoms with Crippen LogP contribution in [0.1, 0.15) is 12.5 Å². The van der Waals surface area contributed by atoms with Gasteiger partial charge in [0.05, 0.1) is 22.7 Å². The summed E-state index contributed by atoms with van der Waals surface area (Å²) in [5.74, 6) is -1.07. The summed E-state index contributed by atoms with van der Waals surface area (Å²) in [5, 5.41) is 16.6. The molecule has 156 valence electrons. The van der Waals surface area contributed by atoms with Gasteiger partial charge in [-0.15, -0.1) is 0 Å². The van der Waals surface area contributed by atoms with Crippen molar-refractivity contribution in [2.75, 3.05) is 5.01 Å². The number of aromatic amines is 1. The van der Waals surface area contributed by atoms with Crippen molar-refractivity contribution >= 4 is 57.6 Å². The van der Waals surface area contributed by atoms with Gasteiger partial charge in [0.25, 0.3) is 11.5 Å². The van der Waals surface area contributed by atoms with E-state index < -0.39 is 23.0 Å². The zero-order valence-electron chi connectivity index (χ0n) is 16.0. The van der Waals surface area contributed by atoms with Gasteiger partial charge in [-0.3, -0.25) is 14.6 Å². The molecule has 0 saturated heterocycles. The zero-order chi connectivity index (χ0) is 22.3. The standard InChI is InChI=1S/C21H14ClIN4O4/c1-11-16(20(30)27(25-11)14-7-5-13(23)6-8-14)10-17-18(28)24-21(31)26(19(17)29)15-4-2-3-12(22)9-15/h2-10,29H,1H3,(H,24,28,31). The Morgan fingerprint density at radius 2 is 1.81 bits per heavy atom. The first-order valence-corrected chi connectivity index (χ1v) is 10.4. The molecule has 0 fully saturated rings. The van der Waals surface area contributed by atoms with Crippen molar-refractivity contribution in [2.24, 2.45) is 5.10 Å². The fourth-order valence-corrected chi connectivity index (χ4v) is 3.65. The van der Waals surface area contributed by atoms with Crippen molar-refractivity contribution in [3.63, 3.8) is 0 Å². The number of nitrogens with zero attached hydrogens (tertiary/aromatic N) is 3. The smallest absolute Gasteiger partial charge is 0.335 e. The maximum absolute atomic E-state index is 13.0. The molecular formula is C21H14ClIN4O4. The second-order valence-corrected chi connectivity index (χ2v) is 8.33. The molecule has 0 radical (unpaired) electrons. The summed E-state index contributed by atoms with van der Waals surface area (Å²) in [5.41, 5.74) is -0.609. The number of aromatic nitrogens is 2. The van der Waals surface area contributed by atoms with Crippen LogP contribution in [0.4, 0.5) is 5.69 Å². The average molecular weight is 549 g/mol. The van der Waals surface area contributed by atoms with Crippen LogP contribution in [0.5, 0.6) is 5.88 Å². The van der Waals surface area contributed by atoms with E-state index in [0.717, 1.165) is 8.14 Å². The van der Waals surface area contributed by atoms with E-state index in [1.165, 1.54) is 17.2 Å². The maximum atomic E-state index is 13.0. The fourth-order valence-electron chi connectivity index (χ4n) is 3.11. The van der Waals surface area contributed by atoms with Crippen molar-refractivity contribution in [3.05, 3.63) is 89.1 Å². The number of nitrogens with one attached hydrogen (secondary N) is 1. The molecule has 1 amide bonds. The summed E-state index contributed by atoms with van der Waals surface area (Å²) in [6.07, 6.45) is 1.22. The second kappa shape index (κ2) is 8.16. The number of anilines is 1. The first kappa shape index (κ1) is 21.1. The highest BCUT2D eigenvalue weighted by molar-refractivity contribution is 14.1. The van der Waals surface area contributed by atoms with Gasteiger partial charge >= 0.3 is 5.69 Å². The van der Waals surface area contributed by atoms with E-state index in [2.05, 4.69) is 32.7 Å². The monoisotopic (exact) mass is 548 g/mol. The highest BCUT2D eigenvalue weighted by atomic mass is 127. The lowest BCUT2D eigenvalue weighted by atomic mass is 10.1. The Bertz CT molecular complexity index is 1390. The van der Waals surface area contributed by atoms with Gasteiger partial charge in [-0.2, -0.15) is 10.1 Å². The predicted molar refractivity (Wildman–Crippen MR) is 127 cm³/mol. The normalized spacial score (nSPS) is 14.9. The van der Waals surface area contributed by atoms with Gasteiger partial charge in [-0.25, -0.2) is 9.36 Å². The van der Waals surface area contributed by atoms with E-state index in [4.69, 9.17) is 11.6 Å². The quantitative estimate of drug-likeness (QED) is 0.387. The molecule has 0 aliphatic carbocycles. The Balaban J connectivity index is 1.82. The largest absolute Gasteiger partial charge is 0.494 e. The van der Waals surface area contributed by atoms with Crippen LogP contribution in [0, 0.1) is 3.57 Å². The number of carbonyl (C=O) groups is 1. The number of aromatic hydroxyl groups is 1. The molecule has 0 unspecified atom stereocenters. The molecule has 2 aromatic carbocycles. The summed E-state index contributed by atoms with van der Waals surface area (Å²) >= 11 is 8.14. The van der Waals surface area contributed by atoms with Crippen LogP contribution in [0.15, 0.2) is 68.8 Å². The SMILES string of the molecule is CC1=NN(c2ccc(I)cc2)C(=O)C1=Cc1c(O)n(-c2cccc(Cl)c2)c(=O)[nH]c1=O. The summed E-state index contributed by atoms with van der Waals surface area (Å²) in [4.78, 5) is 39.9.